The molecule has 0 saturated carbocycles. The van der Waals surface area contributed by atoms with Gasteiger partial charge in [-0.3, -0.25) is 19.3 Å². The topological polar surface area (TPSA) is 100 Å². The number of amides is 3. The quantitative estimate of drug-likeness (QED) is 0.398. The standard InChI is InChI=1S/C25H31ClF2N4O5S/c1-4-31(13-15(2)3)18(12-29-24(35)20-7-8-21(26)38-20)23(34)30-17-6-5-16(11-19(17)37-25(27)28)32-9-10-36-14-22(32)33/h5-8,11,15,18,25H,4,9-10,12-14H2,1-3H3,(H,29,35)(H,30,34)/t18-/m0/s1. The van der Waals surface area contributed by atoms with Crippen LogP contribution in [0.1, 0.15) is 30.4 Å². The zero-order valence-corrected chi connectivity index (χ0v) is 22.9. The molecule has 1 aliphatic heterocycles. The van der Waals surface area contributed by atoms with Crippen molar-refractivity contribution in [3.63, 3.8) is 0 Å². The Balaban J connectivity index is 1.83. The van der Waals surface area contributed by atoms with Crippen LogP contribution in [0.5, 0.6) is 5.75 Å². The highest BCUT2D eigenvalue weighted by Gasteiger charge is 2.28. The molecule has 1 atom stereocenters. The fourth-order valence-electron chi connectivity index (χ4n) is 4.03. The lowest BCUT2D eigenvalue weighted by molar-refractivity contribution is -0.125. The highest BCUT2D eigenvalue weighted by atomic mass is 35.5. The number of carbonyl (C=O) groups excluding carboxylic acids is 3. The predicted octanol–water partition coefficient (Wildman–Crippen LogP) is 4.08. The second kappa shape index (κ2) is 13.8. The third-order valence-corrected chi connectivity index (χ3v) is 6.97. The molecule has 1 aliphatic rings. The molecule has 0 unspecified atom stereocenters. The maximum Gasteiger partial charge on any atom is 0.387 e. The van der Waals surface area contributed by atoms with Gasteiger partial charge in [0.05, 0.1) is 21.5 Å². The van der Waals surface area contributed by atoms with Crippen LogP contribution in [0.25, 0.3) is 0 Å². The van der Waals surface area contributed by atoms with Crippen LogP contribution in [0.15, 0.2) is 30.3 Å². The summed E-state index contributed by atoms with van der Waals surface area (Å²) in [5, 5.41) is 5.45. The monoisotopic (exact) mass is 572 g/mol. The van der Waals surface area contributed by atoms with Crippen LogP contribution in [-0.2, 0) is 14.3 Å². The van der Waals surface area contributed by atoms with Gasteiger partial charge in [-0.05, 0) is 36.7 Å². The summed E-state index contributed by atoms with van der Waals surface area (Å²) in [6.07, 6.45) is 0. The van der Waals surface area contributed by atoms with Gasteiger partial charge < -0.3 is 25.0 Å². The summed E-state index contributed by atoms with van der Waals surface area (Å²) < 4.78 is 36.8. The Labute approximate surface area is 229 Å². The van der Waals surface area contributed by atoms with Gasteiger partial charge in [0, 0.05) is 31.4 Å². The molecule has 0 spiro atoms. The second-order valence-electron chi connectivity index (χ2n) is 8.96. The fourth-order valence-corrected chi connectivity index (χ4v) is 4.99. The Kier molecular flexibility index (Phi) is 10.8. The van der Waals surface area contributed by atoms with Crippen molar-refractivity contribution in [1.82, 2.24) is 10.2 Å². The Bertz CT molecular complexity index is 1130. The highest BCUT2D eigenvalue weighted by molar-refractivity contribution is 7.18. The molecule has 38 heavy (non-hydrogen) atoms. The summed E-state index contributed by atoms with van der Waals surface area (Å²) in [7, 11) is 0. The summed E-state index contributed by atoms with van der Waals surface area (Å²) in [4.78, 5) is 42.0. The normalized spacial score (nSPS) is 14.8. The molecule has 0 aliphatic carbocycles. The Morgan fingerprint density at radius 3 is 2.63 bits per heavy atom. The van der Waals surface area contributed by atoms with E-state index in [-0.39, 0.29) is 48.9 Å². The number of carbonyl (C=O) groups is 3. The number of thiophene rings is 1. The molecule has 1 aromatic heterocycles. The Hall–Kier alpha value is -2.80. The number of nitrogens with one attached hydrogen (secondary N) is 2. The Morgan fingerprint density at radius 1 is 1.26 bits per heavy atom. The lowest BCUT2D eigenvalue weighted by Gasteiger charge is -2.31. The van der Waals surface area contributed by atoms with Crippen LogP contribution in [0.3, 0.4) is 0 Å². The highest BCUT2D eigenvalue weighted by Crippen LogP contribution is 2.32. The summed E-state index contributed by atoms with van der Waals surface area (Å²) in [5.74, 6) is -1.26. The van der Waals surface area contributed by atoms with Crippen LogP contribution in [0, 0.1) is 5.92 Å². The summed E-state index contributed by atoms with van der Waals surface area (Å²) in [5.41, 5.74) is 0.363. The van der Waals surface area contributed by atoms with E-state index < -0.39 is 18.6 Å². The van der Waals surface area contributed by atoms with Gasteiger partial charge in [-0.25, -0.2) is 0 Å². The molecule has 0 radical (unpaired) electrons. The molecule has 1 fully saturated rings. The van der Waals surface area contributed by atoms with Gasteiger partial charge in [-0.15, -0.1) is 11.3 Å². The third-order valence-electron chi connectivity index (χ3n) is 5.74. The number of benzene rings is 1. The lowest BCUT2D eigenvalue weighted by Crippen LogP contribution is -2.51. The number of morpholine rings is 1. The first-order valence-electron chi connectivity index (χ1n) is 12.1. The molecular weight excluding hydrogens is 542 g/mol. The van der Waals surface area contributed by atoms with Crippen LogP contribution < -0.4 is 20.3 Å². The smallest absolute Gasteiger partial charge is 0.387 e. The zero-order valence-electron chi connectivity index (χ0n) is 21.3. The number of nitrogens with zero attached hydrogens (tertiary/aromatic N) is 2. The molecule has 3 rings (SSSR count). The minimum Gasteiger partial charge on any atom is -0.433 e. The van der Waals surface area contributed by atoms with Crippen LogP contribution in [0.4, 0.5) is 20.2 Å². The summed E-state index contributed by atoms with van der Waals surface area (Å²) in [6.45, 7) is 4.26. The van der Waals surface area contributed by atoms with E-state index in [1.54, 1.807) is 18.2 Å². The van der Waals surface area contributed by atoms with Crippen molar-refractivity contribution in [3.8, 4) is 5.75 Å². The van der Waals surface area contributed by atoms with Gasteiger partial charge >= 0.3 is 6.61 Å². The average Bonchev–Trinajstić information content (AvgIpc) is 3.30. The van der Waals surface area contributed by atoms with Crippen molar-refractivity contribution in [2.45, 2.75) is 33.4 Å². The molecule has 9 nitrogen and oxygen atoms in total. The molecule has 2 N–H and O–H groups in total. The first kappa shape index (κ1) is 29.8. The molecule has 13 heteroatoms. The number of alkyl halides is 2. The van der Waals surface area contributed by atoms with E-state index in [1.165, 1.54) is 17.0 Å². The van der Waals surface area contributed by atoms with Gasteiger partial charge in [0.25, 0.3) is 11.8 Å². The SMILES string of the molecule is CCN(CC(C)C)[C@@H](CNC(=O)c1ccc(Cl)s1)C(=O)Nc1ccc(N2CCOCC2=O)cc1OC(F)F. The van der Waals surface area contributed by atoms with Crippen LogP contribution >= 0.6 is 22.9 Å². The molecule has 1 aromatic carbocycles. The van der Waals surface area contributed by atoms with E-state index in [0.717, 1.165) is 11.3 Å². The minimum absolute atomic E-state index is 0.0155. The third kappa shape index (κ3) is 8.10. The van der Waals surface area contributed by atoms with Crippen molar-refractivity contribution in [2.24, 2.45) is 5.92 Å². The minimum atomic E-state index is -3.15. The molecule has 2 heterocycles. The number of hydrogen-bond acceptors (Lipinski definition) is 7. The first-order chi connectivity index (χ1) is 18.1. The molecule has 1 saturated heterocycles. The number of anilines is 2. The van der Waals surface area contributed by atoms with E-state index >= 15 is 0 Å². The van der Waals surface area contributed by atoms with Gasteiger partial charge in [-0.1, -0.05) is 32.4 Å². The van der Waals surface area contributed by atoms with Gasteiger partial charge in [0.2, 0.25) is 5.91 Å². The number of ether oxygens (including phenoxy) is 2. The Morgan fingerprint density at radius 2 is 2.03 bits per heavy atom. The number of halogens is 3. The predicted molar refractivity (Wildman–Crippen MR) is 142 cm³/mol. The van der Waals surface area contributed by atoms with Crippen molar-refractivity contribution < 1.29 is 32.6 Å². The van der Waals surface area contributed by atoms with E-state index in [1.807, 2.05) is 25.7 Å². The van der Waals surface area contributed by atoms with Gasteiger partial charge in [0.15, 0.2) is 5.75 Å². The maximum atomic E-state index is 13.5. The van der Waals surface area contributed by atoms with Gasteiger partial charge in [0.1, 0.15) is 12.6 Å². The lowest BCUT2D eigenvalue weighted by atomic mass is 10.1. The van der Waals surface area contributed by atoms with Crippen molar-refractivity contribution in [1.29, 1.82) is 0 Å². The molecule has 3 amide bonds. The van der Waals surface area contributed by atoms with E-state index in [4.69, 9.17) is 21.1 Å². The molecule has 208 valence electrons. The fraction of sp³-hybridized carbons (Fsp3) is 0.480. The molecular formula is C25H31ClF2N4O5S. The summed E-state index contributed by atoms with van der Waals surface area (Å²) in [6, 6.07) is 6.64. The number of rotatable bonds is 12. The van der Waals surface area contributed by atoms with Crippen molar-refractivity contribution in [3.05, 3.63) is 39.5 Å². The molecule has 0 bridgehead atoms. The average molecular weight is 573 g/mol. The number of likely N-dealkylation sites (N-methyl/N-ethyl adjacent to an activating group) is 1. The van der Waals surface area contributed by atoms with Crippen LogP contribution in [-0.4, -0.2) is 74.7 Å². The van der Waals surface area contributed by atoms with E-state index in [9.17, 15) is 23.2 Å². The van der Waals surface area contributed by atoms with Crippen LogP contribution in [0.2, 0.25) is 4.34 Å². The summed E-state index contributed by atoms with van der Waals surface area (Å²) >= 11 is 7.05. The second-order valence-corrected chi connectivity index (χ2v) is 10.7. The van der Waals surface area contributed by atoms with Crippen molar-refractivity contribution in [2.75, 3.05) is 49.6 Å². The maximum absolute atomic E-state index is 13.5. The van der Waals surface area contributed by atoms with Gasteiger partial charge in [-0.2, -0.15) is 8.78 Å². The largest absolute Gasteiger partial charge is 0.433 e. The first-order valence-corrected chi connectivity index (χ1v) is 13.3. The zero-order chi connectivity index (χ0) is 27.8. The number of hydrogen-bond donors (Lipinski definition) is 2. The molecule has 2 aromatic rings. The van der Waals surface area contributed by atoms with Crippen molar-refractivity contribution >= 4 is 52.0 Å². The van der Waals surface area contributed by atoms with E-state index in [0.29, 0.717) is 34.6 Å². The van der Waals surface area contributed by atoms with E-state index in [2.05, 4.69) is 10.6 Å².